The Hall–Kier alpha value is -3.04. The molecule has 0 spiro atoms. The maximum absolute atomic E-state index is 11.9. The van der Waals surface area contributed by atoms with Crippen molar-refractivity contribution in [2.45, 2.75) is 47.9 Å². The predicted molar refractivity (Wildman–Crippen MR) is 146 cm³/mol. The van der Waals surface area contributed by atoms with Crippen molar-refractivity contribution < 1.29 is 23.7 Å². The molecule has 3 aromatic rings. The molecule has 0 aromatic heterocycles. The van der Waals surface area contributed by atoms with Gasteiger partial charge in [0.1, 0.15) is 36.2 Å². The molecule has 1 fully saturated rings. The number of thioether (sulfide) groups is 1. The third-order valence-corrected chi connectivity index (χ3v) is 7.27. The van der Waals surface area contributed by atoms with Crippen LogP contribution in [0.15, 0.2) is 101 Å². The summed E-state index contributed by atoms with van der Waals surface area (Å²) in [5.74, 6) is -0.844. The minimum absolute atomic E-state index is 0.0922. The van der Waals surface area contributed by atoms with E-state index in [-0.39, 0.29) is 25.7 Å². The second-order valence-corrected chi connectivity index (χ2v) is 9.95. The van der Waals surface area contributed by atoms with Gasteiger partial charge in [0.05, 0.1) is 19.3 Å². The Morgan fingerprint density at radius 3 is 2.00 bits per heavy atom. The minimum atomic E-state index is -0.727. The fourth-order valence-electron chi connectivity index (χ4n) is 4.08. The molecule has 1 aliphatic rings. The average Bonchev–Trinajstić information content (AvgIpc) is 2.97. The van der Waals surface area contributed by atoms with Crippen LogP contribution in [0.2, 0.25) is 0 Å². The van der Waals surface area contributed by atoms with Crippen LogP contribution in [0.5, 0.6) is 0 Å². The number of azide groups is 1. The van der Waals surface area contributed by atoms with Crippen molar-refractivity contribution in [2.75, 3.05) is 12.5 Å². The van der Waals surface area contributed by atoms with Gasteiger partial charge in [-0.05, 0) is 28.8 Å². The van der Waals surface area contributed by atoms with Gasteiger partial charge < -0.3 is 18.9 Å². The summed E-state index contributed by atoms with van der Waals surface area (Å²) in [4.78, 5) is 16.0. The zero-order chi connectivity index (χ0) is 26.6. The Morgan fingerprint density at radius 1 is 0.895 bits per heavy atom. The maximum atomic E-state index is 11.9. The fraction of sp³-hybridized carbons (Fsp3) is 0.321. The van der Waals surface area contributed by atoms with Gasteiger partial charge in [-0.1, -0.05) is 95.7 Å². The lowest BCUT2D eigenvalue weighted by molar-refractivity contribution is -0.210. The number of benzene rings is 3. The van der Waals surface area contributed by atoms with Crippen LogP contribution in [0, 0.1) is 0 Å². The van der Waals surface area contributed by atoms with E-state index in [0.717, 1.165) is 16.0 Å². The van der Waals surface area contributed by atoms with E-state index in [1.165, 1.54) is 11.8 Å². The summed E-state index contributed by atoms with van der Waals surface area (Å²) in [6.45, 7) is 0.440. The number of nitrogens with zero attached hydrogens (tertiary/aromatic N) is 3. The number of ether oxygens (including phenoxy) is 4. The molecular formula is C28H28ClN3O5S. The van der Waals surface area contributed by atoms with Crippen LogP contribution in [0.3, 0.4) is 0 Å². The molecule has 3 aromatic carbocycles. The van der Waals surface area contributed by atoms with E-state index in [1.807, 2.05) is 91.0 Å². The largest absolute Gasteiger partial charge is 0.462 e. The molecule has 0 amide bonds. The zero-order valence-corrected chi connectivity index (χ0v) is 22.1. The summed E-state index contributed by atoms with van der Waals surface area (Å²) in [5.41, 5.74) is 10.8. The maximum Gasteiger partial charge on any atom is 0.320 e. The number of esters is 1. The first kappa shape index (κ1) is 28.0. The molecule has 0 bridgehead atoms. The van der Waals surface area contributed by atoms with Gasteiger partial charge in [0.15, 0.2) is 0 Å². The van der Waals surface area contributed by atoms with E-state index in [0.29, 0.717) is 0 Å². The highest BCUT2D eigenvalue weighted by Crippen LogP contribution is 2.38. The molecule has 10 heteroatoms. The molecule has 1 aliphatic heterocycles. The van der Waals surface area contributed by atoms with Gasteiger partial charge in [-0.15, -0.1) is 11.6 Å². The average molecular weight is 554 g/mol. The van der Waals surface area contributed by atoms with E-state index < -0.39 is 35.8 Å². The molecule has 8 nitrogen and oxygen atoms in total. The van der Waals surface area contributed by atoms with Gasteiger partial charge in [0.25, 0.3) is 0 Å². The summed E-state index contributed by atoms with van der Waals surface area (Å²) in [6.07, 6.45) is -2.09. The summed E-state index contributed by atoms with van der Waals surface area (Å²) < 4.78 is 24.6. The fourth-order valence-corrected chi connectivity index (χ4v) is 5.28. The lowest BCUT2D eigenvalue weighted by Gasteiger charge is -2.44. The molecule has 0 aliphatic carbocycles. The van der Waals surface area contributed by atoms with E-state index in [1.54, 1.807) is 0 Å². The highest BCUT2D eigenvalue weighted by Gasteiger charge is 2.48. The molecule has 5 atom stereocenters. The standard InChI is InChI=1S/C28H28ClN3O5S/c29-16-24(33)34-19-23-26(35-17-20-10-4-1-5-11-20)27(36-18-21-12-6-2-7-13-21)25(31-32-30)28(37-23)38-22-14-8-3-9-15-22/h1-15,23,25-28H,16-19H2/t23-,25-,26+,27-,28+/m1/s1. The molecule has 0 unspecified atom stereocenters. The van der Waals surface area contributed by atoms with Crippen molar-refractivity contribution in [3.8, 4) is 0 Å². The van der Waals surface area contributed by atoms with Gasteiger partial charge in [-0.3, -0.25) is 4.79 Å². The Labute approximate surface area is 230 Å². The second-order valence-electron chi connectivity index (χ2n) is 8.51. The molecule has 38 heavy (non-hydrogen) atoms. The van der Waals surface area contributed by atoms with E-state index in [9.17, 15) is 10.3 Å². The second kappa shape index (κ2) is 14.8. The van der Waals surface area contributed by atoms with Crippen molar-refractivity contribution in [2.24, 2.45) is 5.11 Å². The molecule has 1 saturated heterocycles. The zero-order valence-electron chi connectivity index (χ0n) is 20.5. The monoisotopic (exact) mass is 553 g/mol. The smallest absolute Gasteiger partial charge is 0.320 e. The van der Waals surface area contributed by atoms with Crippen LogP contribution in [-0.2, 0) is 37.0 Å². The van der Waals surface area contributed by atoms with Crippen LogP contribution < -0.4 is 0 Å². The highest BCUT2D eigenvalue weighted by atomic mass is 35.5. The topological polar surface area (TPSA) is 103 Å². The number of carbonyl (C=O) groups excluding carboxylic acids is 1. The van der Waals surface area contributed by atoms with Gasteiger partial charge >= 0.3 is 5.97 Å². The Morgan fingerprint density at radius 2 is 1.45 bits per heavy atom. The van der Waals surface area contributed by atoms with E-state index in [2.05, 4.69) is 10.0 Å². The van der Waals surface area contributed by atoms with Gasteiger partial charge in [-0.2, -0.15) is 0 Å². The van der Waals surface area contributed by atoms with Crippen LogP contribution in [0.4, 0.5) is 0 Å². The SMILES string of the molecule is [N-]=[N+]=N[C@@H]1[C@@H](OCc2ccccc2)[C@@H](OCc2ccccc2)[C@@H](COC(=O)CCl)O[C@H]1Sc1ccccc1. The molecule has 4 rings (SSSR count). The van der Waals surface area contributed by atoms with Crippen LogP contribution in [0.25, 0.3) is 10.4 Å². The van der Waals surface area contributed by atoms with Gasteiger partial charge in [0.2, 0.25) is 0 Å². The molecular weight excluding hydrogens is 526 g/mol. The van der Waals surface area contributed by atoms with Crippen LogP contribution >= 0.6 is 23.4 Å². The van der Waals surface area contributed by atoms with Crippen molar-refractivity contribution >= 4 is 29.3 Å². The quantitative estimate of drug-likeness (QED) is 0.0878. The summed E-state index contributed by atoms with van der Waals surface area (Å²) >= 11 is 7.07. The Kier molecular flexibility index (Phi) is 10.9. The predicted octanol–water partition coefficient (Wildman–Crippen LogP) is 6.14. The van der Waals surface area contributed by atoms with E-state index in [4.69, 9.17) is 30.5 Å². The third kappa shape index (κ3) is 7.98. The van der Waals surface area contributed by atoms with Crippen LogP contribution in [-0.4, -0.2) is 48.2 Å². The Bertz CT molecular complexity index is 1180. The van der Waals surface area contributed by atoms with Crippen molar-refractivity contribution in [1.29, 1.82) is 0 Å². The number of halogens is 1. The lowest BCUT2D eigenvalue weighted by Crippen LogP contribution is -2.59. The first-order valence-electron chi connectivity index (χ1n) is 12.1. The summed E-state index contributed by atoms with van der Waals surface area (Å²) in [6, 6.07) is 28.3. The molecule has 198 valence electrons. The number of carbonyl (C=O) groups is 1. The summed E-state index contributed by atoms with van der Waals surface area (Å²) in [7, 11) is 0. The van der Waals surface area contributed by atoms with Crippen molar-refractivity contribution in [1.82, 2.24) is 0 Å². The first-order chi connectivity index (χ1) is 18.7. The van der Waals surface area contributed by atoms with E-state index >= 15 is 0 Å². The molecule has 0 N–H and O–H groups in total. The van der Waals surface area contributed by atoms with Crippen molar-refractivity contribution in [3.05, 3.63) is 113 Å². The third-order valence-electron chi connectivity index (χ3n) is 5.88. The number of rotatable bonds is 12. The number of alkyl halides is 1. The normalized spacial score (nSPS) is 22.8. The number of hydrogen-bond donors (Lipinski definition) is 0. The molecule has 0 radical (unpaired) electrons. The first-order valence-corrected chi connectivity index (χ1v) is 13.5. The lowest BCUT2D eigenvalue weighted by atomic mass is 9.97. The Balaban J connectivity index is 1.65. The van der Waals surface area contributed by atoms with Gasteiger partial charge in [-0.25, -0.2) is 0 Å². The summed E-state index contributed by atoms with van der Waals surface area (Å²) in [5, 5.41) is 4.11. The van der Waals surface area contributed by atoms with Crippen LogP contribution in [0.1, 0.15) is 11.1 Å². The minimum Gasteiger partial charge on any atom is -0.462 e. The molecule has 0 saturated carbocycles. The van der Waals surface area contributed by atoms with Crippen molar-refractivity contribution in [3.63, 3.8) is 0 Å². The molecule has 1 heterocycles. The number of hydrogen-bond acceptors (Lipinski definition) is 7. The highest BCUT2D eigenvalue weighted by molar-refractivity contribution is 7.99. The van der Waals surface area contributed by atoms with Gasteiger partial charge in [0, 0.05) is 9.81 Å².